The van der Waals surface area contributed by atoms with Crippen LogP contribution in [0.1, 0.15) is 19.3 Å². The highest BCUT2D eigenvalue weighted by atomic mass is 16.5. The van der Waals surface area contributed by atoms with E-state index in [1.165, 1.54) is 0 Å². The lowest BCUT2D eigenvalue weighted by Crippen LogP contribution is -2.43. The lowest BCUT2D eigenvalue weighted by molar-refractivity contribution is -0.158. The second-order valence-corrected chi connectivity index (χ2v) is 3.14. The SMILES string of the molecule is O=C1CO[C@@H]2CCCO[C@@H]2C1. The van der Waals surface area contributed by atoms with Crippen molar-refractivity contribution in [3.05, 3.63) is 0 Å². The van der Waals surface area contributed by atoms with Gasteiger partial charge >= 0.3 is 0 Å². The summed E-state index contributed by atoms with van der Waals surface area (Å²) in [7, 11) is 0. The van der Waals surface area contributed by atoms with Crippen LogP contribution in [0.2, 0.25) is 0 Å². The van der Waals surface area contributed by atoms with Crippen LogP contribution in [-0.4, -0.2) is 31.2 Å². The van der Waals surface area contributed by atoms with Crippen LogP contribution in [0.25, 0.3) is 0 Å². The Morgan fingerprint density at radius 1 is 1.27 bits per heavy atom. The predicted molar refractivity (Wildman–Crippen MR) is 38.3 cm³/mol. The Bertz CT molecular complexity index is 167. The molecular formula is C8H12O3. The lowest BCUT2D eigenvalue weighted by Gasteiger charge is -2.34. The van der Waals surface area contributed by atoms with E-state index >= 15 is 0 Å². The maximum Gasteiger partial charge on any atom is 0.161 e. The second-order valence-electron chi connectivity index (χ2n) is 3.14. The Morgan fingerprint density at radius 2 is 2.18 bits per heavy atom. The zero-order valence-corrected chi connectivity index (χ0v) is 6.41. The minimum atomic E-state index is 0.0602. The van der Waals surface area contributed by atoms with Gasteiger partial charge in [-0.15, -0.1) is 0 Å². The smallest absolute Gasteiger partial charge is 0.161 e. The first kappa shape index (κ1) is 7.25. The zero-order chi connectivity index (χ0) is 7.68. The summed E-state index contributed by atoms with van der Waals surface area (Å²) in [6.45, 7) is 1.09. The van der Waals surface area contributed by atoms with Gasteiger partial charge in [0.05, 0.1) is 12.2 Å². The number of rotatable bonds is 0. The normalized spacial score (nSPS) is 38.4. The van der Waals surface area contributed by atoms with Gasteiger partial charge in [0, 0.05) is 13.0 Å². The quantitative estimate of drug-likeness (QED) is 0.513. The maximum absolute atomic E-state index is 10.9. The average Bonchev–Trinajstić information content (AvgIpc) is 2.04. The van der Waals surface area contributed by atoms with Crippen LogP contribution in [-0.2, 0) is 14.3 Å². The van der Waals surface area contributed by atoms with E-state index in [0.717, 1.165) is 19.4 Å². The highest BCUT2D eigenvalue weighted by Crippen LogP contribution is 2.23. The minimum Gasteiger partial charge on any atom is -0.375 e. The molecular weight excluding hydrogens is 144 g/mol. The van der Waals surface area contributed by atoms with E-state index in [0.29, 0.717) is 13.0 Å². The molecule has 0 spiro atoms. The molecule has 0 radical (unpaired) electrons. The van der Waals surface area contributed by atoms with Crippen molar-refractivity contribution < 1.29 is 14.3 Å². The Kier molecular flexibility index (Phi) is 1.92. The van der Waals surface area contributed by atoms with Crippen LogP contribution in [0.4, 0.5) is 0 Å². The van der Waals surface area contributed by atoms with E-state index in [1.807, 2.05) is 0 Å². The Balaban J connectivity index is 1.98. The van der Waals surface area contributed by atoms with E-state index in [9.17, 15) is 4.79 Å². The van der Waals surface area contributed by atoms with Crippen LogP contribution in [0.3, 0.4) is 0 Å². The van der Waals surface area contributed by atoms with Gasteiger partial charge in [0.2, 0.25) is 0 Å². The molecule has 0 amide bonds. The van der Waals surface area contributed by atoms with Crippen molar-refractivity contribution >= 4 is 5.78 Å². The Labute approximate surface area is 65.7 Å². The van der Waals surface area contributed by atoms with E-state index in [4.69, 9.17) is 9.47 Å². The molecule has 11 heavy (non-hydrogen) atoms. The first-order chi connectivity index (χ1) is 5.36. The predicted octanol–water partition coefficient (Wildman–Crippen LogP) is 0.523. The molecule has 2 aliphatic heterocycles. The summed E-state index contributed by atoms with van der Waals surface area (Å²) in [4.78, 5) is 10.9. The fraction of sp³-hybridized carbons (Fsp3) is 0.875. The summed E-state index contributed by atoms with van der Waals surface area (Å²) >= 11 is 0. The Morgan fingerprint density at radius 3 is 3.09 bits per heavy atom. The summed E-state index contributed by atoms with van der Waals surface area (Å²) in [5, 5.41) is 0. The average molecular weight is 156 g/mol. The second kappa shape index (κ2) is 2.91. The largest absolute Gasteiger partial charge is 0.375 e. The molecule has 62 valence electrons. The molecule has 2 rings (SSSR count). The van der Waals surface area contributed by atoms with Crippen molar-refractivity contribution in [2.75, 3.05) is 13.2 Å². The number of hydrogen-bond donors (Lipinski definition) is 0. The molecule has 0 bridgehead atoms. The molecule has 0 aromatic carbocycles. The first-order valence-corrected chi connectivity index (χ1v) is 4.11. The summed E-state index contributed by atoms with van der Waals surface area (Å²) in [5.41, 5.74) is 0. The molecule has 2 aliphatic rings. The van der Waals surface area contributed by atoms with Gasteiger partial charge in [0.1, 0.15) is 6.61 Å². The van der Waals surface area contributed by atoms with Gasteiger partial charge in [-0.05, 0) is 12.8 Å². The molecule has 0 N–H and O–H groups in total. The van der Waals surface area contributed by atoms with Crippen molar-refractivity contribution in [2.45, 2.75) is 31.5 Å². The number of carbonyl (C=O) groups excluding carboxylic acids is 1. The summed E-state index contributed by atoms with van der Waals surface area (Å²) in [6, 6.07) is 0. The number of ether oxygens (including phenoxy) is 2. The number of fused-ring (bicyclic) bond motifs is 1. The molecule has 0 aromatic heterocycles. The van der Waals surface area contributed by atoms with Crippen LogP contribution in [0.5, 0.6) is 0 Å². The van der Waals surface area contributed by atoms with Crippen LogP contribution in [0, 0.1) is 0 Å². The van der Waals surface area contributed by atoms with Gasteiger partial charge in [-0.25, -0.2) is 0 Å². The van der Waals surface area contributed by atoms with Gasteiger partial charge in [-0.1, -0.05) is 0 Å². The zero-order valence-electron chi connectivity index (χ0n) is 6.41. The third-order valence-corrected chi connectivity index (χ3v) is 2.27. The fourth-order valence-corrected chi connectivity index (χ4v) is 1.68. The van der Waals surface area contributed by atoms with Gasteiger partial charge < -0.3 is 9.47 Å². The van der Waals surface area contributed by atoms with Crippen LogP contribution >= 0.6 is 0 Å². The monoisotopic (exact) mass is 156 g/mol. The number of Topliss-reactive ketones (excluding diaryl/α,β-unsaturated/α-hetero) is 1. The van der Waals surface area contributed by atoms with E-state index < -0.39 is 0 Å². The van der Waals surface area contributed by atoms with Crippen molar-refractivity contribution in [2.24, 2.45) is 0 Å². The molecule has 0 saturated carbocycles. The van der Waals surface area contributed by atoms with Crippen molar-refractivity contribution in [1.82, 2.24) is 0 Å². The minimum absolute atomic E-state index is 0.0602. The Hall–Kier alpha value is -0.410. The highest BCUT2D eigenvalue weighted by Gasteiger charge is 2.32. The summed E-state index contributed by atoms with van der Waals surface area (Å²) in [5.74, 6) is 0.174. The number of ketones is 1. The van der Waals surface area contributed by atoms with Gasteiger partial charge in [-0.2, -0.15) is 0 Å². The van der Waals surface area contributed by atoms with Crippen LogP contribution in [0.15, 0.2) is 0 Å². The van der Waals surface area contributed by atoms with Crippen molar-refractivity contribution in [3.8, 4) is 0 Å². The topological polar surface area (TPSA) is 35.5 Å². The molecule has 2 fully saturated rings. The third kappa shape index (κ3) is 1.44. The molecule has 0 aliphatic carbocycles. The van der Waals surface area contributed by atoms with Crippen molar-refractivity contribution in [1.29, 1.82) is 0 Å². The fourth-order valence-electron chi connectivity index (χ4n) is 1.68. The molecule has 2 atom stereocenters. The molecule has 3 heteroatoms. The van der Waals surface area contributed by atoms with E-state index in [-0.39, 0.29) is 18.0 Å². The first-order valence-electron chi connectivity index (χ1n) is 4.11. The van der Waals surface area contributed by atoms with Gasteiger partial charge in [0.25, 0.3) is 0 Å². The van der Waals surface area contributed by atoms with E-state index in [2.05, 4.69) is 0 Å². The summed E-state index contributed by atoms with van der Waals surface area (Å²) < 4.78 is 10.7. The van der Waals surface area contributed by atoms with E-state index in [1.54, 1.807) is 0 Å². The molecule has 0 unspecified atom stereocenters. The molecule has 2 heterocycles. The van der Waals surface area contributed by atoms with Crippen LogP contribution < -0.4 is 0 Å². The third-order valence-electron chi connectivity index (χ3n) is 2.27. The highest BCUT2D eigenvalue weighted by molar-refractivity contribution is 5.80. The summed E-state index contributed by atoms with van der Waals surface area (Å²) in [6.07, 6.45) is 2.93. The number of carbonyl (C=O) groups is 1. The maximum atomic E-state index is 10.9. The van der Waals surface area contributed by atoms with Crippen molar-refractivity contribution in [3.63, 3.8) is 0 Å². The number of hydrogen-bond acceptors (Lipinski definition) is 3. The molecule has 2 saturated heterocycles. The van der Waals surface area contributed by atoms with Gasteiger partial charge in [-0.3, -0.25) is 4.79 Å². The molecule has 0 aromatic rings. The lowest BCUT2D eigenvalue weighted by atomic mass is 9.98. The molecule has 3 nitrogen and oxygen atoms in total. The standard InChI is InChI=1S/C8H12O3/c9-6-4-8-7(11-5-6)2-1-3-10-8/h7-8H,1-5H2/t7-,8-/m1/s1. The van der Waals surface area contributed by atoms with Gasteiger partial charge in [0.15, 0.2) is 5.78 Å².